The third-order valence-corrected chi connectivity index (χ3v) is 4.20. The first kappa shape index (κ1) is 16.9. The molecule has 4 heteroatoms. The van der Waals surface area contributed by atoms with Gasteiger partial charge >= 0.3 is 0 Å². The topological polar surface area (TPSA) is 46.2 Å². The fourth-order valence-corrected chi connectivity index (χ4v) is 2.44. The molecule has 1 N–H and O–H groups in total. The van der Waals surface area contributed by atoms with Crippen LogP contribution in [-0.2, 0) is 9.84 Å². The van der Waals surface area contributed by atoms with E-state index in [2.05, 4.69) is 33.0 Å². The van der Waals surface area contributed by atoms with Crippen molar-refractivity contribution in [2.45, 2.75) is 40.5 Å². The van der Waals surface area contributed by atoms with Gasteiger partial charge < -0.3 is 5.32 Å². The number of hydrogen-bond acceptors (Lipinski definition) is 3. The summed E-state index contributed by atoms with van der Waals surface area (Å²) in [6, 6.07) is 0. The van der Waals surface area contributed by atoms with Gasteiger partial charge in [-0.05, 0) is 43.7 Å². The lowest BCUT2D eigenvalue weighted by molar-refractivity contribution is 0.339. The Balaban J connectivity index is 3.71. The van der Waals surface area contributed by atoms with Gasteiger partial charge in [-0.1, -0.05) is 27.7 Å². The van der Waals surface area contributed by atoms with Crippen LogP contribution in [0.15, 0.2) is 0 Å². The smallest absolute Gasteiger partial charge is 0.147 e. The Morgan fingerprint density at radius 2 is 1.59 bits per heavy atom. The van der Waals surface area contributed by atoms with Crippen LogP contribution < -0.4 is 5.32 Å². The second-order valence-electron chi connectivity index (χ2n) is 5.78. The molecule has 0 aromatic rings. The van der Waals surface area contributed by atoms with Gasteiger partial charge in [0.2, 0.25) is 0 Å². The zero-order valence-corrected chi connectivity index (χ0v) is 12.8. The highest BCUT2D eigenvalue weighted by Gasteiger charge is 2.13. The monoisotopic (exact) mass is 263 g/mol. The van der Waals surface area contributed by atoms with Crippen molar-refractivity contribution in [1.29, 1.82) is 0 Å². The van der Waals surface area contributed by atoms with E-state index in [0.717, 1.165) is 25.9 Å². The van der Waals surface area contributed by atoms with Gasteiger partial charge in [-0.15, -0.1) is 0 Å². The molecule has 104 valence electrons. The Labute approximate surface area is 107 Å². The van der Waals surface area contributed by atoms with Crippen molar-refractivity contribution in [2.24, 2.45) is 17.8 Å². The minimum Gasteiger partial charge on any atom is -0.316 e. The van der Waals surface area contributed by atoms with Crippen molar-refractivity contribution in [3.8, 4) is 0 Å². The summed E-state index contributed by atoms with van der Waals surface area (Å²) in [5.74, 6) is 2.19. The van der Waals surface area contributed by atoms with Crippen LogP contribution in [-0.4, -0.2) is 33.5 Å². The van der Waals surface area contributed by atoms with Crippen molar-refractivity contribution in [3.63, 3.8) is 0 Å². The van der Waals surface area contributed by atoms with Gasteiger partial charge in [0, 0.05) is 12.0 Å². The molecule has 3 nitrogen and oxygen atoms in total. The van der Waals surface area contributed by atoms with Crippen molar-refractivity contribution >= 4 is 9.84 Å². The molecule has 0 aliphatic heterocycles. The van der Waals surface area contributed by atoms with Crippen LogP contribution in [0.4, 0.5) is 0 Å². The number of nitrogens with one attached hydrogen (secondary N) is 1. The van der Waals surface area contributed by atoms with Crippen molar-refractivity contribution in [3.05, 3.63) is 0 Å². The highest BCUT2D eigenvalue weighted by molar-refractivity contribution is 7.90. The Hall–Kier alpha value is -0.0900. The molecule has 0 aliphatic carbocycles. The van der Waals surface area contributed by atoms with Gasteiger partial charge in [-0.25, -0.2) is 8.42 Å². The van der Waals surface area contributed by atoms with E-state index in [9.17, 15) is 8.42 Å². The summed E-state index contributed by atoms with van der Waals surface area (Å²) in [6.07, 6.45) is 3.09. The fraction of sp³-hybridized carbons (Fsp3) is 1.00. The molecule has 2 unspecified atom stereocenters. The van der Waals surface area contributed by atoms with E-state index < -0.39 is 9.84 Å². The Morgan fingerprint density at radius 3 is 2.06 bits per heavy atom. The molecule has 0 amide bonds. The molecule has 17 heavy (non-hydrogen) atoms. The fourth-order valence-electron chi connectivity index (χ4n) is 1.75. The van der Waals surface area contributed by atoms with Gasteiger partial charge in [0.25, 0.3) is 0 Å². The molecule has 0 aromatic carbocycles. The first-order chi connectivity index (χ1) is 7.72. The number of sulfone groups is 1. The van der Waals surface area contributed by atoms with Crippen LogP contribution >= 0.6 is 0 Å². The van der Waals surface area contributed by atoms with E-state index in [-0.39, 0.29) is 0 Å². The summed E-state index contributed by atoms with van der Waals surface area (Å²) in [4.78, 5) is 0. The number of hydrogen-bond donors (Lipinski definition) is 1. The van der Waals surface area contributed by atoms with Crippen LogP contribution in [0.3, 0.4) is 0 Å². The van der Waals surface area contributed by atoms with Crippen molar-refractivity contribution in [2.75, 3.05) is 25.1 Å². The van der Waals surface area contributed by atoms with Gasteiger partial charge in [-0.3, -0.25) is 0 Å². The van der Waals surface area contributed by atoms with Crippen LogP contribution in [0.1, 0.15) is 40.5 Å². The van der Waals surface area contributed by atoms with Crippen molar-refractivity contribution < 1.29 is 8.42 Å². The summed E-state index contributed by atoms with van der Waals surface area (Å²) in [7, 11) is -2.79. The maximum Gasteiger partial charge on any atom is 0.147 e. The maximum atomic E-state index is 11.0. The van der Waals surface area contributed by atoms with E-state index in [4.69, 9.17) is 0 Å². The molecule has 0 saturated heterocycles. The zero-order chi connectivity index (χ0) is 13.5. The average molecular weight is 263 g/mol. The second-order valence-corrected chi connectivity index (χ2v) is 8.04. The van der Waals surface area contributed by atoms with Gasteiger partial charge in [-0.2, -0.15) is 0 Å². The maximum absolute atomic E-state index is 11.0. The lowest BCUT2D eigenvalue weighted by Crippen LogP contribution is -2.28. The third kappa shape index (κ3) is 10.8. The van der Waals surface area contributed by atoms with E-state index in [0.29, 0.717) is 23.5 Å². The van der Waals surface area contributed by atoms with Crippen molar-refractivity contribution in [1.82, 2.24) is 5.32 Å². The van der Waals surface area contributed by atoms with Gasteiger partial charge in [0.05, 0.1) is 0 Å². The third-order valence-electron chi connectivity index (χ3n) is 3.16. The molecular formula is C13H29NO2S. The largest absolute Gasteiger partial charge is 0.316 e. The Morgan fingerprint density at radius 1 is 1.00 bits per heavy atom. The average Bonchev–Trinajstić information content (AvgIpc) is 2.14. The van der Waals surface area contributed by atoms with E-state index in [1.807, 2.05) is 0 Å². The summed E-state index contributed by atoms with van der Waals surface area (Å²) in [5.41, 5.74) is 0. The standard InChI is InChI=1S/C13H29NO2S/c1-11(2)9-14-10-13(4)12(3)7-6-8-17(5,15)16/h11-14H,6-10H2,1-5H3. The summed E-state index contributed by atoms with van der Waals surface area (Å²) < 4.78 is 22.0. The molecular weight excluding hydrogens is 234 g/mol. The van der Waals surface area contributed by atoms with Crippen LogP contribution in [0.5, 0.6) is 0 Å². The highest BCUT2D eigenvalue weighted by Crippen LogP contribution is 2.16. The molecule has 0 fully saturated rings. The molecule has 0 spiro atoms. The predicted octanol–water partition coefficient (Wildman–Crippen LogP) is 2.33. The van der Waals surface area contributed by atoms with E-state index in [1.165, 1.54) is 6.26 Å². The number of rotatable bonds is 9. The van der Waals surface area contributed by atoms with Crippen LogP contribution in [0.25, 0.3) is 0 Å². The molecule has 0 heterocycles. The van der Waals surface area contributed by atoms with Crippen LogP contribution in [0.2, 0.25) is 0 Å². The molecule has 0 aromatic heterocycles. The second kappa shape index (κ2) is 8.09. The molecule has 0 saturated carbocycles. The van der Waals surface area contributed by atoms with E-state index in [1.54, 1.807) is 0 Å². The lowest BCUT2D eigenvalue weighted by Gasteiger charge is -2.20. The first-order valence-corrected chi connectivity index (χ1v) is 8.67. The molecule has 0 rings (SSSR count). The molecule has 0 bridgehead atoms. The minimum absolute atomic E-state index is 0.323. The summed E-state index contributed by atoms with van der Waals surface area (Å²) >= 11 is 0. The normalized spacial score (nSPS) is 16.1. The van der Waals surface area contributed by atoms with Crippen LogP contribution in [0, 0.1) is 17.8 Å². The Kier molecular flexibility index (Phi) is 8.05. The first-order valence-electron chi connectivity index (χ1n) is 6.60. The van der Waals surface area contributed by atoms with E-state index >= 15 is 0 Å². The van der Waals surface area contributed by atoms with Gasteiger partial charge in [0.15, 0.2) is 0 Å². The summed E-state index contributed by atoms with van der Waals surface area (Å²) in [6.45, 7) is 10.9. The Bertz CT molecular complexity index is 286. The summed E-state index contributed by atoms with van der Waals surface area (Å²) in [5, 5.41) is 3.45. The molecule has 0 aliphatic rings. The molecule has 0 radical (unpaired) electrons. The quantitative estimate of drug-likeness (QED) is 0.694. The molecule has 2 atom stereocenters. The lowest BCUT2D eigenvalue weighted by atomic mass is 9.92. The predicted molar refractivity (Wildman–Crippen MR) is 75.0 cm³/mol. The zero-order valence-electron chi connectivity index (χ0n) is 12.0. The van der Waals surface area contributed by atoms with Gasteiger partial charge in [0.1, 0.15) is 9.84 Å². The minimum atomic E-state index is -2.79. The SMILES string of the molecule is CC(C)CNCC(C)C(C)CCCS(C)(=O)=O. The highest BCUT2D eigenvalue weighted by atomic mass is 32.2.